The van der Waals surface area contributed by atoms with Crippen molar-refractivity contribution in [1.29, 1.82) is 0 Å². The molecule has 0 saturated heterocycles. The molecule has 0 spiro atoms. The number of aryl methyl sites for hydroxylation is 1. The highest BCUT2D eigenvalue weighted by Gasteiger charge is 2.13. The van der Waals surface area contributed by atoms with Crippen LogP contribution in [-0.4, -0.2) is 28.6 Å². The molecule has 0 bridgehead atoms. The largest absolute Gasteiger partial charge is 0.456 e. The van der Waals surface area contributed by atoms with Crippen LogP contribution in [0, 0.1) is 5.82 Å². The number of rotatable bonds is 7. The number of nitrogens with zero attached hydrogens (tertiary/aromatic N) is 2. The molecule has 140 valence electrons. The summed E-state index contributed by atoms with van der Waals surface area (Å²) in [6, 6.07) is 7.27. The van der Waals surface area contributed by atoms with Crippen LogP contribution in [0.25, 0.3) is 10.7 Å². The van der Waals surface area contributed by atoms with E-state index in [0.29, 0.717) is 11.7 Å². The third-order valence-corrected chi connectivity index (χ3v) is 4.50. The molecule has 10 heteroatoms. The van der Waals surface area contributed by atoms with E-state index in [0.717, 1.165) is 17.0 Å². The lowest BCUT2D eigenvalue weighted by molar-refractivity contribution is -0.147. The molecule has 3 aromatic rings. The zero-order valence-corrected chi connectivity index (χ0v) is 15.3. The van der Waals surface area contributed by atoms with E-state index < -0.39 is 24.3 Å². The van der Waals surface area contributed by atoms with Crippen LogP contribution in [0.1, 0.15) is 12.3 Å². The fourth-order valence-electron chi connectivity index (χ4n) is 2.07. The van der Waals surface area contributed by atoms with E-state index in [2.05, 4.69) is 15.5 Å². The first kappa shape index (κ1) is 19.0. The normalized spacial score (nSPS) is 10.6. The number of carbonyl (C=O) groups is 2. The number of anilines is 1. The average molecular weight is 410 g/mol. The lowest BCUT2D eigenvalue weighted by Gasteiger charge is -2.07. The molecule has 0 aliphatic rings. The number of nitrogens with one attached hydrogen (secondary N) is 1. The van der Waals surface area contributed by atoms with Crippen molar-refractivity contribution in [2.45, 2.75) is 12.8 Å². The van der Waals surface area contributed by atoms with E-state index in [-0.39, 0.29) is 23.6 Å². The summed E-state index contributed by atoms with van der Waals surface area (Å²) in [5.41, 5.74) is 0.228. The van der Waals surface area contributed by atoms with Gasteiger partial charge < -0.3 is 14.6 Å². The van der Waals surface area contributed by atoms with Crippen molar-refractivity contribution in [3.8, 4) is 10.7 Å². The van der Waals surface area contributed by atoms with Crippen molar-refractivity contribution in [3.05, 3.63) is 52.4 Å². The van der Waals surface area contributed by atoms with Crippen molar-refractivity contribution < 1.29 is 23.2 Å². The van der Waals surface area contributed by atoms with Gasteiger partial charge in [0.2, 0.25) is 11.7 Å². The van der Waals surface area contributed by atoms with Crippen LogP contribution in [0.3, 0.4) is 0 Å². The maximum atomic E-state index is 13.0. The molecule has 0 aliphatic carbocycles. The molecule has 1 aromatic carbocycles. The Morgan fingerprint density at radius 2 is 2.19 bits per heavy atom. The predicted molar refractivity (Wildman–Crippen MR) is 96.9 cm³/mol. The van der Waals surface area contributed by atoms with Gasteiger partial charge in [0.25, 0.3) is 5.91 Å². The number of aromatic nitrogens is 2. The molecular weight excluding hydrogens is 397 g/mol. The molecule has 27 heavy (non-hydrogen) atoms. The van der Waals surface area contributed by atoms with Crippen LogP contribution in [0.2, 0.25) is 5.02 Å². The van der Waals surface area contributed by atoms with Crippen molar-refractivity contribution in [3.63, 3.8) is 0 Å². The van der Waals surface area contributed by atoms with Crippen LogP contribution in [0.15, 0.2) is 40.2 Å². The van der Waals surface area contributed by atoms with Gasteiger partial charge in [0.15, 0.2) is 6.61 Å². The number of halogens is 2. The third kappa shape index (κ3) is 5.35. The number of thiophene rings is 1. The van der Waals surface area contributed by atoms with Crippen LogP contribution in [0.4, 0.5) is 10.1 Å². The van der Waals surface area contributed by atoms with Crippen LogP contribution >= 0.6 is 22.9 Å². The van der Waals surface area contributed by atoms with Gasteiger partial charge in [-0.25, -0.2) is 4.39 Å². The minimum atomic E-state index is -0.591. The molecule has 0 fully saturated rings. The topological polar surface area (TPSA) is 94.3 Å². The van der Waals surface area contributed by atoms with Gasteiger partial charge in [0, 0.05) is 6.42 Å². The van der Waals surface area contributed by atoms with E-state index >= 15 is 0 Å². The highest BCUT2D eigenvalue weighted by molar-refractivity contribution is 7.13. The Labute approximate surface area is 162 Å². The molecule has 0 unspecified atom stereocenters. The molecule has 7 nitrogen and oxygen atoms in total. The van der Waals surface area contributed by atoms with Crippen molar-refractivity contribution in [2.75, 3.05) is 11.9 Å². The Bertz CT molecular complexity index is 946. The lowest BCUT2D eigenvalue weighted by Crippen LogP contribution is -2.21. The molecule has 0 atom stereocenters. The first-order chi connectivity index (χ1) is 13.0. The predicted octanol–water partition coefficient (Wildman–Crippen LogP) is 3.71. The number of carbonyl (C=O) groups excluding carboxylic acids is 2. The van der Waals surface area contributed by atoms with Crippen molar-refractivity contribution >= 4 is 40.5 Å². The monoisotopic (exact) mass is 409 g/mol. The first-order valence-electron chi connectivity index (χ1n) is 7.78. The van der Waals surface area contributed by atoms with Crippen LogP contribution in [0.5, 0.6) is 0 Å². The minimum Gasteiger partial charge on any atom is -0.456 e. The molecule has 0 radical (unpaired) electrons. The Hall–Kier alpha value is -2.78. The molecular formula is C17H13ClFN3O4S. The summed E-state index contributed by atoms with van der Waals surface area (Å²) in [4.78, 5) is 28.6. The smallest absolute Gasteiger partial charge is 0.306 e. The van der Waals surface area contributed by atoms with Gasteiger partial charge in [-0.2, -0.15) is 4.98 Å². The molecule has 1 N–H and O–H groups in total. The van der Waals surface area contributed by atoms with E-state index in [1.165, 1.54) is 17.4 Å². The summed E-state index contributed by atoms with van der Waals surface area (Å²) in [7, 11) is 0. The Balaban J connectivity index is 1.42. The number of amides is 1. The van der Waals surface area contributed by atoms with Gasteiger partial charge in [-0.1, -0.05) is 22.8 Å². The Morgan fingerprint density at radius 3 is 2.93 bits per heavy atom. The lowest BCUT2D eigenvalue weighted by atomic mass is 10.3. The maximum Gasteiger partial charge on any atom is 0.306 e. The summed E-state index contributed by atoms with van der Waals surface area (Å²) >= 11 is 7.28. The first-order valence-corrected chi connectivity index (χ1v) is 9.04. The zero-order chi connectivity index (χ0) is 19.2. The number of hydrogen-bond acceptors (Lipinski definition) is 7. The van der Waals surface area contributed by atoms with Gasteiger partial charge in [-0.3, -0.25) is 9.59 Å². The van der Waals surface area contributed by atoms with Gasteiger partial charge in [-0.15, -0.1) is 11.3 Å². The van der Waals surface area contributed by atoms with Crippen LogP contribution in [-0.2, 0) is 20.7 Å². The van der Waals surface area contributed by atoms with E-state index in [4.69, 9.17) is 20.9 Å². The van der Waals surface area contributed by atoms with E-state index in [1.54, 1.807) is 0 Å². The number of hydrogen-bond donors (Lipinski definition) is 1. The third-order valence-electron chi connectivity index (χ3n) is 3.32. The van der Waals surface area contributed by atoms with Gasteiger partial charge in [-0.05, 0) is 29.6 Å². The Kier molecular flexibility index (Phi) is 6.15. The molecule has 0 aliphatic heterocycles. The zero-order valence-electron chi connectivity index (χ0n) is 13.8. The quantitative estimate of drug-likeness (QED) is 0.598. The van der Waals surface area contributed by atoms with E-state index in [9.17, 15) is 14.0 Å². The summed E-state index contributed by atoms with van der Waals surface area (Å²) < 4.78 is 22.9. The number of ether oxygens (including phenoxy) is 1. The summed E-state index contributed by atoms with van der Waals surface area (Å²) in [5, 5.41) is 8.22. The molecule has 2 aromatic heterocycles. The molecule has 0 saturated carbocycles. The molecule has 3 rings (SSSR count). The molecule has 2 heterocycles. The average Bonchev–Trinajstić information content (AvgIpc) is 3.32. The SMILES string of the molecule is O=C(COC(=O)CCc1nc(-c2cccs2)no1)Nc1ccc(F)cc1Cl. The summed E-state index contributed by atoms with van der Waals surface area (Å²) in [6.07, 6.45) is 0.180. The van der Waals surface area contributed by atoms with Crippen molar-refractivity contribution in [1.82, 2.24) is 10.1 Å². The van der Waals surface area contributed by atoms with Gasteiger partial charge >= 0.3 is 5.97 Å². The number of esters is 1. The fourth-order valence-corrected chi connectivity index (χ4v) is 2.93. The maximum absolute atomic E-state index is 13.0. The number of benzene rings is 1. The van der Waals surface area contributed by atoms with E-state index in [1.807, 2.05) is 17.5 Å². The van der Waals surface area contributed by atoms with Gasteiger partial charge in [0.05, 0.1) is 22.0 Å². The van der Waals surface area contributed by atoms with Crippen molar-refractivity contribution in [2.24, 2.45) is 0 Å². The molecule has 1 amide bonds. The second-order valence-corrected chi connectivity index (χ2v) is 6.68. The fraction of sp³-hybridized carbons (Fsp3) is 0.176. The second-order valence-electron chi connectivity index (χ2n) is 5.32. The highest BCUT2D eigenvalue weighted by Crippen LogP contribution is 2.22. The minimum absolute atomic E-state index is 0.0172. The van der Waals surface area contributed by atoms with Gasteiger partial charge in [0.1, 0.15) is 5.82 Å². The summed E-state index contributed by atoms with van der Waals surface area (Å²) in [6.45, 7) is -0.489. The second kappa shape index (κ2) is 8.74. The summed E-state index contributed by atoms with van der Waals surface area (Å²) in [5.74, 6) is -0.935. The highest BCUT2D eigenvalue weighted by atomic mass is 35.5. The Morgan fingerprint density at radius 1 is 1.33 bits per heavy atom. The van der Waals surface area contributed by atoms with Crippen LogP contribution < -0.4 is 5.32 Å². The standard InChI is InChI=1S/C17H13ClFN3O4S/c18-11-8-10(19)3-4-12(11)20-14(23)9-25-16(24)6-5-15-21-17(22-26-15)13-2-1-7-27-13/h1-4,7-8H,5-6,9H2,(H,20,23).